The molecular formula is C23H25F2N5O4. The van der Waals surface area contributed by atoms with Crippen LogP contribution in [0.1, 0.15) is 27.3 Å². The first-order chi connectivity index (χ1) is 16.4. The van der Waals surface area contributed by atoms with E-state index in [4.69, 9.17) is 15.2 Å². The molecule has 1 aromatic carbocycles. The molecule has 0 unspecified atom stereocenters. The fourth-order valence-electron chi connectivity index (χ4n) is 2.89. The van der Waals surface area contributed by atoms with E-state index in [0.717, 1.165) is 6.42 Å². The number of amides is 2. The molecule has 1 aliphatic rings. The molecule has 0 radical (unpaired) electrons. The van der Waals surface area contributed by atoms with E-state index in [9.17, 15) is 18.4 Å². The topological polar surface area (TPSA) is 119 Å². The predicted octanol–water partition coefficient (Wildman–Crippen LogP) is 2.64. The minimum Gasteiger partial charge on any atom is -0.485 e. The molecule has 1 aromatic heterocycles. The average molecular weight is 473 g/mol. The summed E-state index contributed by atoms with van der Waals surface area (Å²) in [6, 6.07) is 7.14. The third-order valence-electron chi connectivity index (χ3n) is 4.76. The number of likely N-dealkylation sites (tertiary alicyclic amines) is 1. The number of nitrogens with two attached hydrogens (primary N) is 1. The van der Waals surface area contributed by atoms with Gasteiger partial charge in [-0.05, 0) is 43.0 Å². The van der Waals surface area contributed by atoms with Crippen LogP contribution in [-0.4, -0.2) is 67.1 Å². The number of rotatable bonds is 10. The molecule has 180 valence electrons. The number of aliphatic imine (C=N–C) groups is 1. The first-order valence-electron chi connectivity index (χ1n) is 10.5. The second-order valence-corrected chi connectivity index (χ2v) is 7.33. The number of aromatic nitrogens is 1. The standard InChI is InChI=1S/C23H25F2N5O4/c1-27-6-5-21(26)29-22(31)15-9-17(11-18(10-15)34-19(12-24)13-25)33-16-3-4-20(28-14-16)23(32)30-7-2-8-30/h3-6,9-11,14,19,27H,2,7-8,12-13H2,1H3,(H2,26,29,31)/b6-5-. The lowest BCUT2D eigenvalue weighted by atomic mass is 10.2. The molecule has 11 heteroatoms. The summed E-state index contributed by atoms with van der Waals surface area (Å²) < 4.78 is 37.0. The number of ether oxygens (including phenoxy) is 2. The van der Waals surface area contributed by atoms with Gasteiger partial charge in [0.05, 0.1) is 6.20 Å². The van der Waals surface area contributed by atoms with Crippen LogP contribution in [0.15, 0.2) is 53.8 Å². The number of benzene rings is 1. The van der Waals surface area contributed by atoms with Crippen molar-refractivity contribution in [3.63, 3.8) is 0 Å². The molecule has 3 N–H and O–H groups in total. The molecule has 34 heavy (non-hydrogen) atoms. The number of pyridine rings is 1. The Kier molecular flexibility index (Phi) is 8.49. The number of hydrogen-bond acceptors (Lipinski definition) is 6. The van der Waals surface area contributed by atoms with Crippen LogP contribution < -0.4 is 20.5 Å². The van der Waals surface area contributed by atoms with Crippen molar-refractivity contribution >= 4 is 17.6 Å². The zero-order chi connectivity index (χ0) is 24.5. The molecule has 0 bridgehead atoms. The van der Waals surface area contributed by atoms with Gasteiger partial charge in [-0.15, -0.1) is 0 Å². The van der Waals surface area contributed by atoms with Crippen molar-refractivity contribution in [2.45, 2.75) is 12.5 Å². The molecule has 0 aliphatic carbocycles. The first-order valence-corrected chi connectivity index (χ1v) is 10.5. The van der Waals surface area contributed by atoms with E-state index >= 15 is 0 Å². The van der Waals surface area contributed by atoms with Gasteiger partial charge in [-0.2, -0.15) is 4.99 Å². The van der Waals surface area contributed by atoms with E-state index in [2.05, 4.69) is 15.3 Å². The van der Waals surface area contributed by atoms with Gasteiger partial charge in [0.2, 0.25) is 0 Å². The molecule has 0 atom stereocenters. The first kappa shape index (κ1) is 24.6. The second-order valence-electron chi connectivity index (χ2n) is 7.33. The molecule has 1 fully saturated rings. The van der Waals surface area contributed by atoms with Gasteiger partial charge in [0.1, 0.15) is 42.1 Å². The Morgan fingerprint density at radius 2 is 1.94 bits per heavy atom. The third kappa shape index (κ3) is 6.50. The van der Waals surface area contributed by atoms with E-state index in [-0.39, 0.29) is 40.2 Å². The minimum absolute atomic E-state index is 0.0122. The van der Waals surface area contributed by atoms with Crippen LogP contribution >= 0.6 is 0 Å². The molecule has 9 nitrogen and oxygen atoms in total. The van der Waals surface area contributed by atoms with E-state index in [1.54, 1.807) is 18.0 Å². The number of carbonyl (C=O) groups excluding carboxylic acids is 2. The maximum atomic E-state index is 13.0. The van der Waals surface area contributed by atoms with Crippen molar-refractivity contribution in [3.8, 4) is 17.2 Å². The monoisotopic (exact) mass is 473 g/mol. The van der Waals surface area contributed by atoms with Crippen LogP contribution in [0.3, 0.4) is 0 Å². The molecule has 3 rings (SSSR count). The number of carbonyl (C=O) groups is 2. The van der Waals surface area contributed by atoms with Crippen molar-refractivity contribution in [1.82, 2.24) is 15.2 Å². The van der Waals surface area contributed by atoms with Gasteiger partial charge >= 0.3 is 0 Å². The number of hydrogen-bond donors (Lipinski definition) is 2. The van der Waals surface area contributed by atoms with Crippen molar-refractivity contribution in [2.75, 3.05) is 33.5 Å². The third-order valence-corrected chi connectivity index (χ3v) is 4.76. The Bertz CT molecular complexity index is 1070. The summed E-state index contributed by atoms with van der Waals surface area (Å²) in [4.78, 5) is 34.4. The summed E-state index contributed by atoms with van der Waals surface area (Å²) in [6.07, 6.45) is 3.90. The van der Waals surface area contributed by atoms with Gasteiger partial charge < -0.3 is 25.4 Å². The lowest BCUT2D eigenvalue weighted by Crippen LogP contribution is -2.42. The molecule has 2 heterocycles. The molecule has 0 spiro atoms. The number of amidine groups is 1. The van der Waals surface area contributed by atoms with Gasteiger partial charge in [-0.1, -0.05) is 0 Å². The van der Waals surface area contributed by atoms with Gasteiger partial charge in [0.15, 0.2) is 6.10 Å². The molecule has 0 saturated carbocycles. The predicted molar refractivity (Wildman–Crippen MR) is 122 cm³/mol. The Morgan fingerprint density at radius 3 is 2.53 bits per heavy atom. The maximum absolute atomic E-state index is 13.0. The Hall–Kier alpha value is -4.02. The largest absolute Gasteiger partial charge is 0.485 e. The van der Waals surface area contributed by atoms with Gasteiger partial charge in [0, 0.05) is 31.8 Å². The van der Waals surface area contributed by atoms with Crippen molar-refractivity contribution < 1.29 is 27.8 Å². The number of nitrogens with zero attached hydrogens (tertiary/aromatic N) is 3. The Labute approximate surface area is 195 Å². The summed E-state index contributed by atoms with van der Waals surface area (Å²) >= 11 is 0. The summed E-state index contributed by atoms with van der Waals surface area (Å²) in [5.74, 6) is -0.487. The number of alkyl halides is 2. The van der Waals surface area contributed by atoms with Crippen molar-refractivity contribution in [3.05, 3.63) is 60.1 Å². The Balaban J connectivity index is 1.84. The summed E-state index contributed by atoms with van der Waals surface area (Å²) in [7, 11) is 1.66. The zero-order valence-electron chi connectivity index (χ0n) is 18.5. The van der Waals surface area contributed by atoms with Crippen molar-refractivity contribution in [2.24, 2.45) is 10.7 Å². The SMILES string of the molecule is CN/C=C\C(N)=NC(=O)c1cc(Oc2ccc(C(=O)N3CCC3)nc2)cc(OC(CF)CF)c1. The van der Waals surface area contributed by atoms with Crippen molar-refractivity contribution in [1.29, 1.82) is 0 Å². The smallest absolute Gasteiger partial charge is 0.279 e. The van der Waals surface area contributed by atoms with Gasteiger partial charge in [-0.3, -0.25) is 9.59 Å². The van der Waals surface area contributed by atoms with Crippen LogP contribution in [-0.2, 0) is 0 Å². The summed E-state index contributed by atoms with van der Waals surface area (Å²) in [5, 5.41) is 2.72. The summed E-state index contributed by atoms with van der Waals surface area (Å²) in [5.41, 5.74) is 6.01. The van der Waals surface area contributed by atoms with Crippen LogP contribution in [0.2, 0.25) is 0 Å². The zero-order valence-corrected chi connectivity index (χ0v) is 18.5. The van der Waals surface area contributed by atoms with E-state index in [0.29, 0.717) is 13.1 Å². The highest BCUT2D eigenvalue weighted by atomic mass is 19.1. The highest BCUT2D eigenvalue weighted by Gasteiger charge is 2.22. The van der Waals surface area contributed by atoms with Crippen LogP contribution in [0.4, 0.5) is 8.78 Å². The molecule has 2 aromatic rings. The van der Waals surface area contributed by atoms with Gasteiger partial charge in [-0.25, -0.2) is 13.8 Å². The quantitative estimate of drug-likeness (QED) is 0.402. The molecule has 1 aliphatic heterocycles. The molecule has 2 amide bonds. The van der Waals surface area contributed by atoms with E-state index in [1.807, 2.05) is 0 Å². The van der Waals surface area contributed by atoms with Crippen LogP contribution in [0, 0.1) is 0 Å². The Morgan fingerprint density at radius 1 is 1.21 bits per heavy atom. The van der Waals surface area contributed by atoms with Crippen LogP contribution in [0.5, 0.6) is 17.2 Å². The van der Waals surface area contributed by atoms with Crippen LogP contribution in [0.25, 0.3) is 0 Å². The number of halogens is 2. The number of nitrogens with one attached hydrogen (secondary N) is 1. The lowest BCUT2D eigenvalue weighted by molar-refractivity contribution is 0.0645. The fourth-order valence-corrected chi connectivity index (χ4v) is 2.89. The molecular weight excluding hydrogens is 448 g/mol. The highest BCUT2D eigenvalue weighted by molar-refractivity contribution is 6.06. The average Bonchev–Trinajstić information content (AvgIpc) is 2.80. The van der Waals surface area contributed by atoms with E-state index in [1.165, 1.54) is 42.7 Å². The maximum Gasteiger partial charge on any atom is 0.279 e. The second kappa shape index (κ2) is 11.7. The highest BCUT2D eigenvalue weighted by Crippen LogP contribution is 2.29. The normalized spacial score (nSPS) is 13.6. The lowest BCUT2D eigenvalue weighted by Gasteiger charge is -2.30. The molecule has 1 saturated heterocycles. The summed E-state index contributed by atoms with van der Waals surface area (Å²) in [6.45, 7) is -0.694. The minimum atomic E-state index is -1.33. The fraction of sp³-hybridized carbons (Fsp3) is 0.304. The van der Waals surface area contributed by atoms with E-state index < -0.39 is 25.4 Å². The van der Waals surface area contributed by atoms with Gasteiger partial charge in [0.25, 0.3) is 11.8 Å².